The maximum Gasteiger partial charge on any atom is 0.321 e. The van der Waals surface area contributed by atoms with Gasteiger partial charge in [-0.05, 0) is 18.6 Å². The number of anilines is 2. The van der Waals surface area contributed by atoms with Crippen molar-refractivity contribution < 1.29 is 4.79 Å². The fourth-order valence-corrected chi connectivity index (χ4v) is 1.08. The summed E-state index contributed by atoms with van der Waals surface area (Å²) >= 11 is 0. The predicted molar refractivity (Wildman–Crippen MR) is 58.3 cm³/mol. The molecule has 0 aliphatic carbocycles. The highest BCUT2D eigenvalue weighted by atomic mass is 16.2. The number of amides is 2. The number of nitrogens with one attached hydrogen (secondary N) is 1. The van der Waals surface area contributed by atoms with E-state index < -0.39 is 0 Å². The number of nitrogens with zero attached hydrogens (tertiary/aromatic N) is 1. The minimum atomic E-state index is -0.175. The second kappa shape index (κ2) is 4.00. The predicted octanol–water partition coefficient (Wildman–Crippen LogP) is 1.67. The molecule has 0 aliphatic heterocycles. The zero-order valence-electron chi connectivity index (χ0n) is 8.66. The lowest BCUT2D eigenvalue weighted by Crippen LogP contribution is -2.28. The molecule has 0 aromatic heterocycles. The monoisotopic (exact) mass is 193 g/mol. The quantitative estimate of drug-likeness (QED) is 0.666. The SMILES string of the molecule is Cc1cccc(N)c1NC(=O)N(C)C. The van der Waals surface area contributed by atoms with Gasteiger partial charge in [-0.3, -0.25) is 0 Å². The van der Waals surface area contributed by atoms with Gasteiger partial charge in [-0.25, -0.2) is 4.79 Å². The van der Waals surface area contributed by atoms with Gasteiger partial charge in [-0.1, -0.05) is 12.1 Å². The van der Waals surface area contributed by atoms with Crippen LogP contribution in [0, 0.1) is 6.92 Å². The summed E-state index contributed by atoms with van der Waals surface area (Å²) in [5.74, 6) is 0. The molecule has 0 bridgehead atoms. The largest absolute Gasteiger partial charge is 0.397 e. The van der Waals surface area contributed by atoms with Crippen molar-refractivity contribution in [2.75, 3.05) is 25.1 Å². The standard InChI is InChI=1S/C10H15N3O/c1-7-5-4-6-8(11)9(7)12-10(14)13(2)3/h4-6H,11H2,1-3H3,(H,12,14). The number of rotatable bonds is 1. The van der Waals surface area contributed by atoms with Crippen molar-refractivity contribution in [3.05, 3.63) is 23.8 Å². The zero-order valence-corrected chi connectivity index (χ0v) is 8.66. The summed E-state index contributed by atoms with van der Waals surface area (Å²) in [6, 6.07) is 5.35. The van der Waals surface area contributed by atoms with Crippen molar-refractivity contribution in [1.82, 2.24) is 4.90 Å². The van der Waals surface area contributed by atoms with Crippen molar-refractivity contribution in [2.24, 2.45) is 0 Å². The maximum absolute atomic E-state index is 11.4. The molecule has 0 radical (unpaired) electrons. The summed E-state index contributed by atoms with van der Waals surface area (Å²) in [6.45, 7) is 1.90. The van der Waals surface area contributed by atoms with Crippen LogP contribution < -0.4 is 11.1 Å². The van der Waals surface area contributed by atoms with E-state index in [1.165, 1.54) is 4.90 Å². The first-order valence-corrected chi connectivity index (χ1v) is 4.35. The number of nitrogens with two attached hydrogens (primary N) is 1. The number of nitrogen functional groups attached to an aromatic ring is 1. The molecule has 0 fully saturated rings. The lowest BCUT2D eigenvalue weighted by molar-refractivity contribution is 0.230. The van der Waals surface area contributed by atoms with E-state index in [4.69, 9.17) is 5.73 Å². The van der Waals surface area contributed by atoms with Gasteiger partial charge in [0.15, 0.2) is 0 Å². The fourth-order valence-electron chi connectivity index (χ4n) is 1.08. The third kappa shape index (κ3) is 2.16. The minimum absolute atomic E-state index is 0.175. The molecule has 14 heavy (non-hydrogen) atoms. The van der Waals surface area contributed by atoms with Crippen LogP contribution in [0.25, 0.3) is 0 Å². The van der Waals surface area contributed by atoms with Gasteiger partial charge in [0, 0.05) is 14.1 Å². The molecule has 1 aromatic carbocycles. The lowest BCUT2D eigenvalue weighted by Gasteiger charge is -2.15. The van der Waals surface area contributed by atoms with E-state index >= 15 is 0 Å². The number of carbonyl (C=O) groups excluding carboxylic acids is 1. The summed E-state index contributed by atoms with van der Waals surface area (Å²) in [5, 5.41) is 2.74. The molecule has 0 heterocycles. The van der Waals surface area contributed by atoms with Crippen molar-refractivity contribution in [3.63, 3.8) is 0 Å². The van der Waals surface area contributed by atoms with Crippen molar-refractivity contribution >= 4 is 17.4 Å². The molecule has 0 saturated carbocycles. The molecule has 0 saturated heterocycles. The van der Waals surface area contributed by atoms with Crippen molar-refractivity contribution in [3.8, 4) is 0 Å². The number of aryl methyl sites for hydroxylation is 1. The summed E-state index contributed by atoms with van der Waals surface area (Å²) in [7, 11) is 3.37. The van der Waals surface area contributed by atoms with Crippen molar-refractivity contribution in [2.45, 2.75) is 6.92 Å². The van der Waals surface area contributed by atoms with Crippen molar-refractivity contribution in [1.29, 1.82) is 0 Å². The van der Waals surface area contributed by atoms with Gasteiger partial charge in [-0.2, -0.15) is 0 Å². The van der Waals surface area contributed by atoms with Gasteiger partial charge >= 0.3 is 6.03 Å². The number of urea groups is 1. The molecule has 2 amide bonds. The van der Waals surface area contributed by atoms with Crippen LogP contribution in [0.3, 0.4) is 0 Å². The molecule has 0 aliphatic rings. The number of para-hydroxylation sites is 1. The van der Waals surface area contributed by atoms with Crippen LogP contribution in [0.5, 0.6) is 0 Å². The van der Waals surface area contributed by atoms with Crippen LogP contribution in [0.2, 0.25) is 0 Å². The van der Waals surface area contributed by atoms with E-state index in [0.717, 1.165) is 5.56 Å². The smallest absolute Gasteiger partial charge is 0.321 e. The average molecular weight is 193 g/mol. The maximum atomic E-state index is 11.4. The third-order valence-electron chi connectivity index (χ3n) is 1.94. The molecule has 1 rings (SSSR count). The molecule has 0 unspecified atom stereocenters. The van der Waals surface area contributed by atoms with Gasteiger partial charge in [0.1, 0.15) is 0 Å². The Morgan fingerprint density at radius 3 is 2.57 bits per heavy atom. The lowest BCUT2D eigenvalue weighted by atomic mass is 10.2. The number of hydrogen-bond acceptors (Lipinski definition) is 2. The highest BCUT2D eigenvalue weighted by Crippen LogP contribution is 2.22. The molecule has 0 spiro atoms. The van der Waals surface area contributed by atoms with Crippen LogP contribution in [0.15, 0.2) is 18.2 Å². The van der Waals surface area contributed by atoms with Gasteiger partial charge in [0.2, 0.25) is 0 Å². The molecule has 3 N–H and O–H groups in total. The van der Waals surface area contributed by atoms with Crippen LogP contribution in [-0.2, 0) is 0 Å². The van der Waals surface area contributed by atoms with Gasteiger partial charge in [-0.15, -0.1) is 0 Å². The molecular formula is C10H15N3O. The Hall–Kier alpha value is -1.71. The van der Waals surface area contributed by atoms with E-state index in [1.54, 1.807) is 20.2 Å². The zero-order chi connectivity index (χ0) is 10.7. The van der Waals surface area contributed by atoms with Crippen LogP contribution >= 0.6 is 0 Å². The summed E-state index contributed by atoms with van der Waals surface area (Å²) < 4.78 is 0. The normalized spacial score (nSPS) is 9.64. The van der Waals surface area contributed by atoms with E-state index in [-0.39, 0.29) is 6.03 Å². The van der Waals surface area contributed by atoms with Crippen LogP contribution in [0.1, 0.15) is 5.56 Å². The topological polar surface area (TPSA) is 58.4 Å². The second-order valence-corrected chi connectivity index (χ2v) is 3.36. The summed E-state index contributed by atoms with van der Waals surface area (Å²) in [6.07, 6.45) is 0. The van der Waals surface area contributed by atoms with E-state index in [1.807, 2.05) is 19.1 Å². The van der Waals surface area contributed by atoms with E-state index in [9.17, 15) is 4.79 Å². The molecule has 4 heteroatoms. The van der Waals surface area contributed by atoms with E-state index in [0.29, 0.717) is 11.4 Å². The van der Waals surface area contributed by atoms with E-state index in [2.05, 4.69) is 5.32 Å². The Balaban J connectivity index is 2.91. The first kappa shape index (κ1) is 10.4. The molecule has 76 valence electrons. The number of benzene rings is 1. The van der Waals surface area contributed by atoms with Gasteiger partial charge < -0.3 is 16.0 Å². The Bertz CT molecular complexity index is 327. The first-order chi connectivity index (χ1) is 6.52. The highest BCUT2D eigenvalue weighted by molar-refractivity contribution is 5.93. The molecular weight excluding hydrogens is 178 g/mol. The second-order valence-electron chi connectivity index (χ2n) is 3.36. The molecule has 0 atom stereocenters. The Kier molecular flexibility index (Phi) is 2.96. The molecule has 1 aromatic rings. The van der Waals surface area contributed by atoms with Gasteiger partial charge in [0.25, 0.3) is 0 Å². The fraction of sp³-hybridized carbons (Fsp3) is 0.300. The van der Waals surface area contributed by atoms with Crippen LogP contribution in [0.4, 0.5) is 16.2 Å². The number of hydrogen-bond donors (Lipinski definition) is 2. The van der Waals surface area contributed by atoms with Gasteiger partial charge in [0.05, 0.1) is 11.4 Å². The molecule has 4 nitrogen and oxygen atoms in total. The minimum Gasteiger partial charge on any atom is -0.397 e. The summed E-state index contributed by atoms with van der Waals surface area (Å²) in [4.78, 5) is 12.8. The third-order valence-corrected chi connectivity index (χ3v) is 1.94. The highest BCUT2D eigenvalue weighted by Gasteiger charge is 2.08. The Morgan fingerprint density at radius 2 is 2.07 bits per heavy atom. The number of carbonyl (C=O) groups is 1. The average Bonchev–Trinajstić information content (AvgIpc) is 2.11. The van der Waals surface area contributed by atoms with Crippen LogP contribution in [-0.4, -0.2) is 25.0 Å². The summed E-state index contributed by atoms with van der Waals surface area (Å²) in [5.41, 5.74) is 7.96. The Labute approximate surface area is 83.7 Å². The first-order valence-electron chi connectivity index (χ1n) is 4.35. The Morgan fingerprint density at radius 1 is 1.43 bits per heavy atom.